The van der Waals surface area contributed by atoms with Gasteiger partial charge in [-0.3, -0.25) is 4.79 Å². The summed E-state index contributed by atoms with van der Waals surface area (Å²) in [6.45, 7) is 2.22. The van der Waals surface area contributed by atoms with Crippen LogP contribution in [0.3, 0.4) is 0 Å². The second-order valence-corrected chi connectivity index (χ2v) is 7.62. The maximum Gasteiger partial charge on any atom is 0.326 e. The van der Waals surface area contributed by atoms with E-state index in [-0.39, 0.29) is 12.8 Å². The van der Waals surface area contributed by atoms with Crippen molar-refractivity contribution in [3.63, 3.8) is 0 Å². The Morgan fingerprint density at radius 2 is 1.50 bits per heavy atom. The van der Waals surface area contributed by atoms with Crippen molar-refractivity contribution >= 4 is 11.9 Å². The first kappa shape index (κ1) is 24.2. The molecule has 0 bridgehead atoms. The molecule has 1 aromatic carbocycles. The number of hydrogen-bond acceptors (Lipinski definition) is 3. The Hall–Kier alpha value is -1.88. The number of carbonyl (C=O) groups is 2. The van der Waals surface area contributed by atoms with Crippen LogP contribution in [0.2, 0.25) is 0 Å². The van der Waals surface area contributed by atoms with Gasteiger partial charge in [0.15, 0.2) is 0 Å². The molecule has 3 N–H and O–H groups in total. The average Bonchev–Trinajstić information content (AvgIpc) is 2.67. The molecule has 0 radical (unpaired) electrons. The third-order valence-corrected chi connectivity index (χ3v) is 4.98. The summed E-state index contributed by atoms with van der Waals surface area (Å²) in [6.07, 6.45) is 10.9. The Labute approximate surface area is 169 Å². The lowest BCUT2D eigenvalue weighted by atomic mass is 10.0. The van der Waals surface area contributed by atoms with Crippen molar-refractivity contribution in [1.29, 1.82) is 0 Å². The Morgan fingerprint density at radius 1 is 0.929 bits per heavy atom. The lowest BCUT2D eigenvalue weighted by Gasteiger charge is -2.16. The molecule has 0 heterocycles. The number of aliphatic carboxylic acids is 1. The van der Waals surface area contributed by atoms with Crippen molar-refractivity contribution < 1.29 is 19.8 Å². The molecule has 1 unspecified atom stereocenters. The predicted molar refractivity (Wildman–Crippen MR) is 112 cm³/mol. The van der Waals surface area contributed by atoms with Crippen molar-refractivity contribution in [1.82, 2.24) is 5.32 Å². The monoisotopic (exact) mass is 391 g/mol. The molecule has 0 aliphatic rings. The molecule has 2 atom stereocenters. The van der Waals surface area contributed by atoms with Gasteiger partial charge in [0.2, 0.25) is 5.91 Å². The minimum Gasteiger partial charge on any atom is -0.480 e. The first-order valence-electron chi connectivity index (χ1n) is 10.8. The van der Waals surface area contributed by atoms with E-state index in [1.165, 1.54) is 44.9 Å². The van der Waals surface area contributed by atoms with Crippen LogP contribution >= 0.6 is 0 Å². The van der Waals surface area contributed by atoms with E-state index in [0.717, 1.165) is 18.4 Å². The molecular formula is C23H37NO4. The van der Waals surface area contributed by atoms with Gasteiger partial charge in [0, 0.05) is 6.42 Å². The number of aliphatic hydroxyl groups excluding tert-OH is 1. The Morgan fingerprint density at radius 3 is 2.07 bits per heavy atom. The standard InChI is InChI=1S/C23H37NO4/c1-2-3-4-5-6-7-8-9-13-16-20(25)18-22(26)24-21(23(27)28)17-19-14-11-10-12-15-19/h10-12,14-15,20-21,25H,2-9,13,16-18H2,1H3,(H,24,26)(H,27,28)/t20?,21-/m0/s1. The summed E-state index contributed by atoms with van der Waals surface area (Å²) < 4.78 is 0. The minimum atomic E-state index is -1.06. The fraction of sp³-hybridized carbons (Fsp3) is 0.652. The van der Waals surface area contributed by atoms with E-state index in [1.807, 2.05) is 30.3 Å². The van der Waals surface area contributed by atoms with Gasteiger partial charge in [-0.15, -0.1) is 0 Å². The van der Waals surface area contributed by atoms with Gasteiger partial charge in [0.1, 0.15) is 6.04 Å². The first-order chi connectivity index (χ1) is 13.5. The zero-order valence-electron chi connectivity index (χ0n) is 17.2. The van der Waals surface area contributed by atoms with E-state index in [9.17, 15) is 19.8 Å². The zero-order chi connectivity index (χ0) is 20.6. The molecule has 0 spiro atoms. The van der Waals surface area contributed by atoms with Gasteiger partial charge in [0.25, 0.3) is 0 Å². The topological polar surface area (TPSA) is 86.6 Å². The molecule has 1 amide bonds. The number of nitrogens with one attached hydrogen (secondary N) is 1. The third-order valence-electron chi connectivity index (χ3n) is 4.98. The summed E-state index contributed by atoms with van der Waals surface area (Å²) in [7, 11) is 0. The lowest BCUT2D eigenvalue weighted by molar-refractivity contribution is -0.142. The molecule has 28 heavy (non-hydrogen) atoms. The fourth-order valence-electron chi connectivity index (χ4n) is 3.31. The van der Waals surface area contributed by atoms with Crippen molar-refractivity contribution in [3.05, 3.63) is 35.9 Å². The normalized spacial score (nSPS) is 13.1. The van der Waals surface area contributed by atoms with Gasteiger partial charge in [-0.2, -0.15) is 0 Å². The smallest absolute Gasteiger partial charge is 0.326 e. The van der Waals surface area contributed by atoms with Gasteiger partial charge < -0.3 is 15.5 Å². The van der Waals surface area contributed by atoms with Crippen LogP contribution in [0.5, 0.6) is 0 Å². The summed E-state index contributed by atoms with van der Waals surface area (Å²) in [6, 6.07) is 8.23. The van der Waals surface area contributed by atoms with E-state index in [1.54, 1.807) is 0 Å². The van der Waals surface area contributed by atoms with Gasteiger partial charge in [-0.05, 0) is 12.0 Å². The molecule has 0 aliphatic carbocycles. The molecule has 1 aromatic rings. The molecule has 0 aromatic heterocycles. The molecule has 0 aliphatic heterocycles. The van der Waals surface area contributed by atoms with Crippen LogP contribution in [0.25, 0.3) is 0 Å². The number of benzene rings is 1. The molecule has 1 rings (SSSR count). The molecule has 0 saturated carbocycles. The second kappa shape index (κ2) is 15.1. The van der Waals surface area contributed by atoms with E-state index in [2.05, 4.69) is 12.2 Å². The van der Waals surface area contributed by atoms with Crippen LogP contribution in [-0.4, -0.2) is 34.2 Å². The predicted octanol–water partition coefficient (Wildman–Crippen LogP) is 4.47. The molecular weight excluding hydrogens is 354 g/mol. The third kappa shape index (κ3) is 11.8. The summed E-state index contributed by atoms with van der Waals surface area (Å²) in [5, 5.41) is 21.9. The van der Waals surface area contributed by atoms with Crippen LogP contribution in [0.15, 0.2) is 30.3 Å². The molecule has 0 fully saturated rings. The van der Waals surface area contributed by atoms with Crippen LogP contribution in [0.4, 0.5) is 0 Å². The number of amides is 1. The highest BCUT2D eigenvalue weighted by atomic mass is 16.4. The number of carboxylic acid groups (broad SMARTS) is 1. The van der Waals surface area contributed by atoms with Gasteiger partial charge in [0.05, 0.1) is 12.5 Å². The maximum absolute atomic E-state index is 12.1. The van der Waals surface area contributed by atoms with E-state index < -0.39 is 24.0 Å². The average molecular weight is 392 g/mol. The van der Waals surface area contributed by atoms with Gasteiger partial charge in [-0.1, -0.05) is 95.0 Å². The number of rotatable bonds is 16. The van der Waals surface area contributed by atoms with Crippen molar-refractivity contribution in [2.75, 3.05) is 0 Å². The van der Waals surface area contributed by atoms with Gasteiger partial charge >= 0.3 is 5.97 Å². The fourth-order valence-corrected chi connectivity index (χ4v) is 3.31. The summed E-state index contributed by atoms with van der Waals surface area (Å²) in [5.74, 6) is -1.47. The largest absolute Gasteiger partial charge is 0.480 e. The Balaban J connectivity index is 2.17. The number of unbranched alkanes of at least 4 members (excludes halogenated alkanes) is 8. The van der Waals surface area contributed by atoms with E-state index >= 15 is 0 Å². The van der Waals surface area contributed by atoms with Crippen LogP contribution in [0, 0.1) is 0 Å². The lowest BCUT2D eigenvalue weighted by Crippen LogP contribution is -2.43. The number of hydrogen-bond donors (Lipinski definition) is 3. The number of aliphatic hydroxyl groups is 1. The van der Waals surface area contributed by atoms with E-state index in [0.29, 0.717) is 6.42 Å². The second-order valence-electron chi connectivity index (χ2n) is 7.62. The first-order valence-corrected chi connectivity index (χ1v) is 10.8. The van der Waals surface area contributed by atoms with Crippen LogP contribution in [-0.2, 0) is 16.0 Å². The minimum absolute atomic E-state index is 0.0460. The Bertz CT molecular complexity index is 547. The highest BCUT2D eigenvalue weighted by Gasteiger charge is 2.21. The van der Waals surface area contributed by atoms with E-state index in [4.69, 9.17) is 0 Å². The molecule has 0 saturated heterocycles. The van der Waals surface area contributed by atoms with Gasteiger partial charge in [-0.25, -0.2) is 4.79 Å². The maximum atomic E-state index is 12.1. The van der Waals surface area contributed by atoms with Crippen LogP contribution in [0.1, 0.15) is 83.1 Å². The van der Waals surface area contributed by atoms with Crippen molar-refractivity contribution in [2.24, 2.45) is 0 Å². The summed E-state index contributed by atoms with van der Waals surface area (Å²) in [5.41, 5.74) is 0.852. The Kier molecular flexibility index (Phi) is 13.0. The van der Waals surface area contributed by atoms with Crippen LogP contribution < -0.4 is 5.32 Å². The SMILES string of the molecule is CCCCCCCCCCCC(O)CC(=O)N[C@@H](Cc1ccccc1)C(=O)O. The number of carbonyl (C=O) groups excluding carboxylic acids is 1. The van der Waals surface area contributed by atoms with Crippen molar-refractivity contribution in [3.8, 4) is 0 Å². The summed E-state index contributed by atoms with van der Waals surface area (Å²) >= 11 is 0. The molecule has 158 valence electrons. The highest BCUT2D eigenvalue weighted by molar-refractivity contribution is 5.84. The molecule has 5 nitrogen and oxygen atoms in total. The highest BCUT2D eigenvalue weighted by Crippen LogP contribution is 2.12. The number of carboxylic acids is 1. The van der Waals surface area contributed by atoms with Crippen molar-refractivity contribution in [2.45, 2.75) is 96.1 Å². The molecule has 5 heteroatoms. The quantitative estimate of drug-likeness (QED) is 0.363. The summed E-state index contributed by atoms with van der Waals surface area (Å²) in [4.78, 5) is 23.5. The zero-order valence-corrected chi connectivity index (χ0v) is 17.2.